The summed E-state index contributed by atoms with van der Waals surface area (Å²) < 4.78 is 2.37. The van der Waals surface area contributed by atoms with E-state index in [0.29, 0.717) is 5.92 Å². The Morgan fingerprint density at radius 3 is 2.58 bits per heavy atom. The molecular weight excluding hydrogens is 530 g/mol. The number of aromatic nitrogens is 2. The standard InChI is InChI=1S/C29H22N2O.C8H16O.CH5N/c1-19-15-23(14-13-21(19)18-32)31-27-11-5-3-8-25(27)29-24(9-6-12-28(29)31)22-16-20-7-2-4-10-26(20)30-17-22;1-2-7-5-3-4-6-8(7)9;1-2/h2-4,6-10,12-18H,5,11H2,1H3;7-9H,2-6H2,1H3;2H2,1H3. The molecular formula is C38H43N3O2. The zero-order valence-corrected chi connectivity index (χ0v) is 25.6. The van der Waals surface area contributed by atoms with Crippen LogP contribution in [0, 0.1) is 12.8 Å². The monoisotopic (exact) mass is 573 g/mol. The second kappa shape index (κ2) is 13.9. The quantitative estimate of drug-likeness (QED) is 0.211. The molecule has 2 heterocycles. The topological polar surface area (TPSA) is 81.1 Å². The van der Waals surface area contributed by atoms with Gasteiger partial charge in [-0.15, -0.1) is 0 Å². The van der Waals surface area contributed by atoms with Gasteiger partial charge in [-0.05, 0) is 93.1 Å². The lowest BCUT2D eigenvalue weighted by molar-refractivity contribution is 0.0680. The number of nitrogens with two attached hydrogens (primary N) is 1. The molecule has 5 nitrogen and oxygen atoms in total. The van der Waals surface area contributed by atoms with E-state index >= 15 is 0 Å². The zero-order chi connectivity index (χ0) is 30.3. The van der Waals surface area contributed by atoms with Gasteiger partial charge in [-0.2, -0.15) is 0 Å². The van der Waals surface area contributed by atoms with Crippen LogP contribution < -0.4 is 5.73 Å². The Hall–Kier alpha value is -4.06. The third-order valence-electron chi connectivity index (χ3n) is 8.90. The molecule has 1 fully saturated rings. The summed E-state index contributed by atoms with van der Waals surface area (Å²) in [5.41, 5.74) is 14.5. The molecule has 0 amide bonds. The number of aliphatic hydroxyl groups is 1. The highest BCUT2D eigenvalue weighted by molar-refractivity contribution is 6.04. The molecule has 43 heavy (non-hydrogen) atoms. The largest absolute Gasteiger partial charge is 0.393 e. The van der Waals surface area contributed by atoms with Gasteiger partial charge in [-0.1, -0.05) is 68.7 Å². The molecule has 0 bridgehead atoms. The van der Waals surface area contributed by atoms with Crippen molar-refractivity contribution in [1.82, 2.24) is 9.55 Å². The molecule has 0 spiro atoms. The van der Waals surface area contributed by atoms with E-state index in [1.165, 1.54) is 54.0 Å². The van der Waals surface area contributed by atoms with Crippen molar-refractivity contribution in [1.29, 1.82) is 0 Å². The van der Waals surface area contributed by atoms with Crippen molar-refractivity contribution < 1.29 is 9.90 Å². The summed E-state index contributed by atoms with van der Waals surface area (Å²) in [5.74, 6) is 0.610. The summed E-state index contributed by atoms with van der Waals surface area (Å²) in [6, 6.07) is 23.1. The van der Waals surface area contributed by atoms with E-state index in [0.717, 1.165) is 65.3 Å². The van der Waals surface area contributed by atoms with Gasteiger partial charge >= 0.3 is 0 Å². The van der Waals surface area contributed by atoms with E-state index in [1.807, 2.05) is 31.3 Å². The fraction of sp³-hybridized carbons (Fsp3) is 0.316. The first-order valence-electron chi connectivity index (χ1n) is 15.6. The number of allylic oxidation sites excluding steroid dienone is 1. The normalized spacial score (nSPS) is 17.4. The molecule has 5 heteroatoms. The first kappa shape index (κ1) is 30.4. The van der Waals surface area contributed by atoms with E-state index in [2.05, 4.69) is 77.9 Å². The Labute approximate surface area is 255 Å². The lowest BCUT2D eigenvalue weighted by atomic mass is 9.85. The molecule has 1 saturated carbocycles. The molecule has 2 atom stereocenters. The van der Waals surface area contributed by atoms with Crippen molar-refractivity contribution >= 4 is 34.2 Å². The number of aldehydes is 1. The second-order valence-corrected chi connectivity index (χ2v) is 11.4. The molecule has 2 unspecified atom stereocenters. The number of pyridine rings is 1. The minimum atomic E-state index is 0.0174. The summed E-state index contributed by atoms with van der Waals surface area (Å²) in [6.07, 6.45) is 15.5. The maximum Gasteiger partial charge on any atom is 0.150 e. The minimum Gasteiger partial charge on any atom is -0.393 e. The van der Waals surface area contributed by atoms with Crippen molar-refractivity contribution in [3.8, 4) is 16.8 Å². The number of hydrogen-bond donors (Lipinski definition) is 2. The van der Waals surface area contributed by atoms with Crippen molar-refractivity contribution in [2.45, 2.75) is 64.9 Å². The molecule has 2 aliphatic rings. The van der Waals surface area contributed by atoms with Crippen LogP contribution in [0.1, 0.15) is 72.6 Å². The summed E-state index contributed by atoms with van der Waals surface area (Å²) in [7, 11) is 1.50. The van der Waals surface area contributed by atoms with Gasteiger partial charge in [0.15, 0.2) is 0 Å². The highest BCUT2D eigenvalue weighted by Crippen LogP contribution is 2.40. The second-order valence-electron chi connectivity index (χ2n) is 11.4. The lowest BCUT2D eigenvalue weighted by Crippen LogP contribution is -2.23. The van der Waals surface area contributed by atoms with Crippen LogP contribution in [0.3, 0.4) is 0 Å². The van der Waals surface area contributed by atoms with E-state index in [4.69, 9.17) is 4.98 Å². The van der Waals surface area contributed by atoms with Crippen LogP contribution in [0.25, 0.3) is 44.7 Å². The maximum atomic E-state index is 11.3. The minimum absolute atomic E-state index is 0.0174. The van der Waals surface area contributed by atoms with Crippen molar-refractivity contribution in [3.63, 3.8) is 0 Å². The Kier molecular flexibility index (Phi) is 9.86. The third-order valence-corrected chi connectivity index (χ3v) is 8.90. The summed E-state index contributed by atoms with van der Waals surface area (Å²) in [6.45, 7) is 4.16. The van der Waals surface area contributed by atoms with Crippen molar-refractivity contribution in [3.05, 3.63) is 101 Å². The molecule has 5 aromatic rings. The fourth-order valence-electron chi connectivity index (χ4n) is 6.62. The Morgan fingerprint density at radius 2 is 1.84 bits per heavy atom. The van der Waals surface area contributed by atoms with Gasteiger partial charge in [0.1, 0.15) is 6.29 Å². The number of benzene rings is 3. The summed E-state index contributed by atoms with van der Waals surface area (Å²) >= 11 is 0. The van der Waals surface area contributed by atoms with Gasteiger partial charge in [-0.3, -0.25) is 9.78 Å². The summed E-state index contributed by atoms with van der Waals surface area (Å²) in [4.78, 5) is 16.1. The van der Waals surface area contributed by atoms with Crippen molar-refractivity contribution in [2.75, 3.05) is 7.05 Å². The number of para-hydroxylation sites is 1. The van der Waals surface area contributed by atoms with Gasteiger partial charge in [0, 0.05) is 45.0 Å². The number of rotatable bonds is 4. The van der Waals surface area contributed by atoms with Crippen LogP contribution in [0.5, 0.6) is 0 Å². The molecule has 0 radical (unpaired) electrons. The Bertz CT molecular complexity index is 1750. The molecule has 0 aliphatic heterocycles. The number of aryl methyl sites for hydroxylation is 1. The van der Waals surface area contributed by atoms with Crippen LogP contribution in [-0.4, -0.2) is 34.1 Å². The molecule has 2 aromatic heterocycles. The van der Waals surface area contributed by atoms with Crippen LogP contribution in [0.15, 0.2) is 79.0 Å². The molecule has 3 N–H and O–H groups in total. The molecule has 222 valence electrons. The number of fused-ring (bicyclic) bond motifs is 4. The van der Waals surface area contributed by atoms with Gasteiger partial charge in [-0.25, -0.2) is 0 Å². The summed E-state index contributed by atoms with van der Waals surface area (Å²) in [5, 5.41) is 11.8. The van der Waals surface area contributed by atoms with Crippen molar-refractivity contribution in [2.24, 2.45) is 11.7 Å². The van der Waals surface area contributed by atoms with E-state index < -0.39 is 0 Å². The molecule has 3 aromatic carbocycles. The molecule has 2 aliphatic carbocycles. The zero-order valence-electron chi connectivity index (χ0n) is 25.6. The third kappa shape index (κ3) is 6.20. The van der Waals surface area contributed by atoms with Crippen LogP contribution in [0.4, 0.5) is 0 Å². The highest BCUT2D eigenvalue weighted by atomic mass is 16.3. The molecule has 0 saturated heterocycles. The SMILES string of the molecule is CCC1CCCCC1O.CN.Cc1cc(-n2c3c(c4c(-c5cnc6ccccc6c5)cccc42)C=CCC3)ccc1C=O. The lowest BCUT2D eigenvalue weighted by Gasteiger charge is -2.25. The van der Waals surface area contributed by atoms with E-state index in [-0.39, 0.29) is 6.10 Å². The van der Waals surface area contributed by atoms with Crippen LogP contribution >= 0.6 is 0 Å². The van der Waals surface area contributed by atoms with E-state index in [1.54, 1.807) is 0 Å². The fourth-order valence-corrected chi connectivity index (χ4v) is 6.62. The van der Waals surface area contributed by atoms with Gasteiger partial charge in [0.2, 0.25) is 0 Å². The predicted molar refractivity (Wildman–Crippen MR) is 180 cm³/mol. The first-order valence-corrected chi connectivity index (χ1v) is 15.6. The number of hydrogen-bond acceptors (Lipinski definition) is 4. The number of nitrogens with zero attached hydrogens (tertiary/aromatic N) is 2. The van der Waals surface area contributed by atoms with Gasteiger partial charge < -0.3 is 15.4 Å². The maximum absolute atomic E-state index is 11.3. The number of carbonyl (C=O) groups excluding carboxylic acids is 1. The first-order chi connectivity index (χ1) is 21.1. The van der Waals surface area contributed by atoms with Crippen LogP contribution in [0.2, 0.25) is 0 Å². The highest BCUT2D eigenvalue weighted by Gasteiger charge is 2.22. The average molecular weight is 574 g/mol. The Morgan fingerprint density at radius 1 is 1.02 bits per heavy atom. The van der Waals surface area contributed by atoms with Gasteiger partial charge in [0.05, 0.1) is 17.1 Å². The Balaban J connectivity index is 0.000000286. The average Bonchev–Trinajstić information content (AvgIpc) is 3.40. The smallest absolute Gasteiger partial charge is 0.150 e. The number of aliphatic hydroxyl groups excluding tert-OH is 1. The predicted octanol–water partition coefficient (Wildman–Crippen LogP) is 8.45. The van der Waals surface area contributed by atoms with E-state index in [9.17, 15) is 9.90 Å². The van der Waals surface area contributed by atoms with Crippen LogP contribution in [-0.2, 0) is 6.42 Å². The number of carbonyl (C=O) groups is 1. The molecule has 7 rings (SSSR count). The van der Waals surface area contributed by atoms with Gasteiger partial charge in [0.25, 0.3) is 0 Å².